The highest BCUT2D eigenvalue weighted by Gasteiger charge is 2.30. The predicted molar refractivity (Wildman–Crippen MR) is 75.7 cm³/mol. The molecule has 1 N–H and O–H groups in total. The van der Waals surface area contributed by atoms with Gasteiger partial charge in [-0.25, -0.2) is 0 Å². The summed E-state index contributed by atoms with van der Waals surface area (Å²) in [4.78, 5) is 2.34. The fourth-order valence-corrected chi connectivity index (χ4v) is 2.94. The molecule has 100 valence electrons. The Balaban J connectivity index is 2.07. The molecule has 0 spiro atoms. The Labute approximate surface area is 117 Å². The number of halogens is 1. The highest BCUT2D eigenvalue weighted by Crippen LogP contribution is 2.28. The van der Waals surface area contributed by atoms with Crippen LogP contribution in [0.5, 0.6) is 5.75 Å². The van der Waals surface area contributed by atoms with Gasteiger partial charge in [-0.05, 0) is 44.5 Å². The molecule has 3 nitrogen and oxygen atoms in total. The zero-order valence-electron chi connectivity index (χ0n) is 10.9. The molecule has 1 heterocycles. The zero-order valence-corrected chi connectivity index (χ0v) is 12.5. The zero-order chi connectivity index (χ0) is 13.2. The Morgan fingerprint density at radius 3 is 3.00 bits per heavy atom. The Morgan fingerprint density at radius 1 is 1.50 bits per heavy atom. The fourth-order valence-electron chi connectivity index (χ4n) is 2.53. The molecule has 0 saturated carbocycles. The van der Waals surface area contributed by atoms with Crippen LogP contribution < -0.4 is 0 Å². The molecule has 4 heteroatoms. The number of nitrogens with zero attached hydrogens (tertiary/aromatic N) is 1. The van der Waals surface area contributed by atoms with Crippen molar-refractivity contribution in [3.63, 3.8) is 0 Å². The van der Waals surface area contributed by atoms with Crippen molar-refractivity contribution >= 4 is 15.9 Å². The number of rotatable bonds is 3. The lowest BCUT2D eigenvalue weighted by atomic mass is 9.94. The first kappa shape index (κ1) is 13.8. The average molecular weight is 314 g/mol. The van der Waals surface area contributed by atoms with Gasteiger partial charge in [0.25, 0.3) is 0 Å². The van der Waals surface area contributed by atoms with Crippen molar-refractivity contribution in [2.24, 2.45) is 0 Å². The number of ether oxygens (including phenoxy) is 1. The third kappa shape index (κ3) is 3.25. The molecule has 0 amide bonds. The van der Waals surface area contributed by atoms with Crippen molar-refractivity contribution in [2.75, 3.05) is 20.2 Å². The summed E-state index contributed by atoms with van der Waals surface area (Å²) >= 11 is 3.44. The number of likely N-dealkylation sites (tertiary alicyclic amines) is 1. The molecule has 1 saturated heterocycles. The lowest BCUT2D eigenvalue weighted by Gasteiger charge is -2.39. The first-order valence-electron chi connectivity index (χ1n) is 6.27. The van der Waals surface area contributed by atoms with Gasteiger partial charge in [0, 0.05) is 30.2 Å². The van der Waals surface area contributed by atoms with Gasteiger partial charge in [0.05, 0.1) is 5.60 Å². The summed E-state index contributed by atoms with van der Waals surface area (Å²) < 4.78 is 6.59. The van der Waals surface area contributed by atoms with Crippen molar-refractivity contribution in [2.45, 2.75) is 31.9 Å². The maximum absolute atomic E-state index is 9.87. The van der Waals surface area contributed by atoms with E-state index in [1.807, 2.05) is 12.1 Å². The highest BCUT2D eigenvalue weighted by atomic mass is 79.9. The van der Waals surface area contributed by atoms with Crippen LogP contribution in [0.15, 0.2) is 22.7 Å². The second kappa shape index (κ2) is 5.59. The molecule has 1 unspecified atom stereocenters. The fraction of sp³-hybridized carbons (Fsp3) is 0.571. The maximum atomic E-state index is 9.87. The average Bonchev–Trinajstić information content (AvgIpc) is 2.34. The largest absolute Gasteiger partial charge is 0.508 e. The maximum Gasteiger partial charge on any atom is 0.120 e. The number of aromatic hydroxyl groups is 1. The molecular formula is C14H20BrNO2. The molecule has 1 aromatic rings. The van der Waals surface area contributed by atoms with Crippen molar-refractivity contribution < 1.29 is 9.84 Å². The number of piperidine rings is 1. The summed E-state index contributed by atoms with van der Waals surface area (Å²) in [6.07, 6.45) is 2.24. The van der Waals surface area contributed by atoms with Crippen LogP contribution in [0.3, 0.4) is 0 Å². The van der Waals surface area contributed by atoms with Crippen LogP contribution in [-0.4, -0.2) is 35.8 Å². The number of phenolic OH excluding ortho intramolecular Hbond substituents is 1. The van der Waals surface area contributed by atoms with Crippen LogP contribution in [0, 0.1) is 0 Å². The molecular weight excluding hydrogens is 294 g/mol. The van der Waals surface area contributed by atoms with E-state index in [4.69, 9.17) is 4.74 Å². The standard InChI is InChI=1S/C14H20BrNO2/c1-14(18-2)6-3-7-16(10-14)9-11-8-12(15)4-5-13(11)17/h4-5,8,17H,3,6-7,9-10H2,1-2H3. The van der Waals surface area contributed by atoms with Gasteiger partial charge in [-0.15, -0.1) is 0 Å². The third-order valence-corrected chi connectivity index (χ3v) is 4.16. The molecule has 18 heavy (non-hydrogen) atoms. The van der Waals surface area contributed by atoms with Crippen LogP contribution in [0.25, 0.3) is 0 Å². The molecule has 0 bridgehead atoms. The minimum atomic E-state index is -0.0557. The molecule has 1 atom stereocenters. The van der Waals surface area contributed by atoms with Crippen LogP contribution >= 0.6 is 15.9 Å². The van der Waals surface area contributed by atoms with E-state index in [0.717, 1.165) is 42.5 Å². The molecule has 1 aliphatic heterocycles. The van der Waals surface area contributed by atoms with Gasteiger partial charge in [0.15, 0.2) is 0 Å². The van der Waals surface area contributed by atoms with E-state index in [2.05, 4.69) is 27.8 Å². The van der Waals surface area contributed by atoms with Crippen LogP contribution in [0.1, 0.15) is 25.3 Å². The molecule has 2 rings (SSSR count). The van der Waals surface area contributed by atoms with Crippen molar-refractivity contribution in [3.05, 3.63) is 28.2 Å². The van der Waals surface area contributed by atoms with E-state index in [0.29, 0.717) is 5.75 Å². The van der Waals surface area contributed by atoms with E-state index in [1.165, 1.54) is 0 Å². The topological polar surface area (TPSA) is 32.7 Å². The van der Waals surface area contributed by atoms with Crippen LogP contribution in [0.4, 0.5) is 0 Å². The van der Waals surface area contributed by atoms with E-state index in [-0.39, 0.29) is 5.60 Å². The van der Waals surface area contributed by atoms with Crippen molar-refractivity contribution in [1.82, 2.24) is 4.90 Å². The van der Waals surface area contributed by atoms with E-state index < -0.39 is 0 Å². The van der Waals surface area contributed by atoms with Gasteiger partial charge in [-0.1, -0.05) is 15.9 Å². The summed E-state index contributed by atoms with van der Waals surface area (Å²) in [6, 6.07) is 5.57. The second-order valence-electron chi connectivity index (χ2n) is 5.24. The smallest absolute Gasteiger partial charge is 0.120 e. The van der Waals surface area contributed by atoms with Gasteiger partial charge in [-0.2, -0.15) is 0 Å². The van der Waals surface area contributed by atoms with Crippen molar-refractivity contribution in [1.29, 1.82) is 0 Å². The number of methoxy groups -OCH3 is 1. The molecule has 0 aromatic heterocycles. The monoisotopic (exact) mass is 313 g/mol. The Morgan fingerprint density at radius 2 is 2.28 bits per heavy atom. The van der Waals surface area contributed by atoms with Gasteiger partial charge >= 0.3 is 0 Å². The van der Waals surface area contributed by atoms with Gasteiger partial charge in [0.1, 0.15) is 5.75 Å². The van der Waals surface area contributed by atoms with Gasteiger partial charge in [-0.3, -0.25) is 4.90 Å². The summed E-state index contributed by atoms with van der Waals surface area (Å²) in [6.45, 7) is 4.89. The minimum Gasteiger partial charge on any atom is -0.508 e. The first-order valence-corrected chi connectivity index (χ1v) is 7.07. The lowest BCUT2D eigenvalue weighted by Crippen LogP contribution is -2.46. The quantitative estimate of drug-likeness (QED) is 0.930. The second-order valence-corrected chi connectivity index (χ2v) is 6.16. The van der Waals surface area contributed by atoms with Gasteiger partial charge < -0.3 is 9.84 Å². The van der Waals surface area contributed by atoms with E-state index in [1.54, 1.807) is 13.2 Å². The SMILES string of the molecule is COC1(C)CCCN(Cc2cc(Br)ccc2O)C1. The van der Waals surface area contributed by atoms with Crippen molar-refractivity contribution in [3.8, 4) is 5.75 Å². The number of phenols is 1. The molecule has 1 aromatic carbocycles. The molecule has 1 fully saturated rings. The van der Waals surface area contributed by atoms with Gasteiger partial charge in [0.2, 0.25) is 0 Å². The lowest BCUT2D eigenvalue weighted by molar-refractivity contribution is -0.0528. The van der Waals surface area contributed by atoms with Crippen LogP contribution in [-0.2, 0) is 11.3 Å². The normalized spacial score (nSPS) is 25.3. The van der Waals surface area contributed by atoms with E-state index >= 15 is 0 Å². The minimum absolute atomic E-state index is 0.0557. The number of benzene rings is 1. The third-order valence-electron chi connectivity index (χ3n) is 3.67. The van der Waals surface area contributed by atoms with Crippen LogP contribution in [0.2, 0.25) is 0 Å². The Bertz CT molecular complexity index is 424. The molecule has 0 radical (unpaired) electrons. The first-order chi connectivity index (χ1) is 8.52. The number of hydrogen-bond donors (Lipinski definition) is 1. The summed E-state index contributed by atoms with van der Waals surface area (Å²) in [7, 11) is 1.78. The summed E-state index contributed by atoms with van der Waals surface area (Å²) in [5.41, 5.74) is 0.907. The summed E-state index contributed by atoms with van der Waals surface area (Å²) in [5.74, 6) is 0.364. The highest BCUT2D eigenvalue weighted by molar-refractivity contribution is 9.10. The Kier molecular flexibility index (Phi) is 4.30. The molecule has 0 aliphatic carbocycles. The summed E-state index contributed by atoms with van der Waals surface area (Å²) in [5, 5.41) is 9.87. The number of hydrogen-bond acceptors (Lipinski definition) is 3. The van der Waals surface area contributed by atoms with E-state index in [9.17, 15) is 5.11 Å². The predicted octanol–water partition coefficient (Wildman–Crippen LogP) is 3.16. The Hall–Kier alpha value is -0.580. The molecule has 1 aliphatic rings.